The van der Waals surface area contributed by atoms with Crippen LogP contribution in [0, 0.1) is 17.8 Å². The highest BCUT2D eigenvalue weighted by molar-refractivity contribution is 5.77. The number of likely N-dealkylation sites (tertiary alicyclic amines) is 1. The molecule has 148 valence electrons. The Labute approximate surface area is 157 Å². The van der Waals surface area contributed by atoms with Crippen molar-refractivity contribution in [3.05, 3.63) is 0 Å². The summed E-state index contributed by atoms with van der Waals surface area (Å²) in [5, 5.41) is 9.13. The van der Waals surface area contributed by atoms with E-state index in [-0.39, 0.29) is 18.1 Å². The fraction of sp³-hybridized carbons (Fsp3) is 0.905. The predicted molar refractivity (Wildman–Crippen MR) is 99.8 cm³/mol. The Kier molecular flexibility index (Phi) is 6.60. The number of nitrogens with zero attached hydrogens (tertiary/aromatic N) is 1. The van der Waals surface area contributed by atoms with Crippen LogP contribution in [0.5, 0.6) is 0 Å². The molecule has 1 saturated heterocycles. The largest absolute Gasteiger partial charge is 0.481 e. The number of ether oxygens (including phenoxy) is 1. The van der Waals surface area contributed by atoms with Crippen molar-refractivity contribution in [1.29, 1.82) is 0 Å². The van der Waals surface area contributed by atoms with Crippen LogP contribution in [0.2, 0.25) is 0 Å². The molecule has 0 spiro atoms. The van der Waals surface area contributed by atoms with E-state index in [0.717, 1.165) is 25.7 Å². The number of fused-ring (bicyclic) bond motifs is 1. The molecule has 5 nitrogen and oxygen atoms in total. The molecule has 3 atom stereocenters. The van der Waals surface area contributed by atoms with Crippen molar-refractivity contribution in [2.45, 2.75) is 96.2 Å². The zero-order valence-electron chi connectivity index (χ0n) is 16.4. The van der Waals surface area contributed by atoms with Gasteiger partial charge in [-0.05, 0) is 56.8 Å². The lowest BCUT2D eigenvalue weighted by Crippen LogP contribution is -2.45. The topological polar surface area (TPSA) is 66.8 Å². The maximum atomic E-state index is 12.9. The van der Waals surface area contributed by atoms with Gasteiger partial charge in [-0.25, -0.2) is 0 Å². The van der Waals surface area contributed by atoms with Crippen molar-refractivity contribution in [1.82, 2.24) is 4.90 Å². The normalized spacial score (nSPS) is 34.7. The van der Waals surface area contributed by atoms with Crippen molar-refractivity contribution in [3.8, 4) is 0 Å². The molecule has 5 heteroatoms. The van der Waals surface area contributed by atoms with E-state index < -0.39 is 5.97 Å². The van der Waals surface area contributed by atoms with Crippen LogP contribution in [-0.4, -0.2) is 46.7 Å². The number of carbonyl (C=O) groups excluding carboxylic acids is 1. The highest BCUT2D eigenvalue weighted by Gasteiger charge is 2.44. The second-order valence-corrected chi connectivity index (χ2v) is 9.05. The van der Waals surface area contributed by atoms with Gasteiger partial charge in [0.15, 0.2) is 0 Å². The minimum Gasteiger partial charge on any atom is -0.481 e. The summed E-state index contributed by atoms with van der Waals surface area (Å²) in [4.78, 5) is 26.2. The summed E-state index contributed by atoms with van der Waals surface area (Å²) >= 11 is 0. The maximum absolute atomic E-state index is 12.9. The second kappa shape index (κ2) is 8.73. The maximum Gasteiger partial charge on any atom is 0.306 e. The molecule has 3 unspecified atom stereocenters. The molecule has 1 N–H and O–H groups in total. The number of rotatable bonds is 6. The molecule has 1 aliphatic heterocycles. The Morgan fingerprint density at radius 2 is 1.77 bits per heavy atom. The van der Waals surface area contributed by atoms with Crippen LogP contribution in [0.25, 0.3) is 0 Å². The molecule has 2 aliphatic carbocycles. The first-order valence-electron chi connectivity index (χ1n) is 10.6. The summed E-state index contributed by atoms with van der Waals surface area (Å²) in [6.07, 6.45) is 9.88. The number of carboxylic acid groups (broad SMARTS) is 1. The van der Waals surface area contributed by atoms with Gasteiger partial charge in [-0.1, -0.05) is 26.7 Å². The van der Waals surface area contributed by atoms with Gasteiger partial charge in [-0.15, -0.1) is 0 Å². The number of carboxylic acids is 1. The minimum absolute atomic E-state index is 0.162. The Morgan fingerprint density at radius 3 is 2.42 bits per heavy atom. The van der Waals surface area contributed by atoms with Crippen molar-refractivity contribution in [2.75, 3.05) is 6.61 Å². The minimum atomic E-state index is -0.672. The first-order valence-corrected chi connectivity index (χ1v) is 10.6. The third-order valence-electron chi connectivity index (χ3n) is 6.61. The van der Waals surface area contributed by atoms with Gasteiger partial charge in [0.05, 0.1) is 24.7 Å². The summed E-state index contributed by atoms with van der Waals surface area (Å²) in [7, 11) is 0. The number of amides is 1. The first kappa shape index (κ1) is 19.7. The molecule has 0 aromatic heterocycles. The quantitative estimate of drug-likeness (QED) is 0.776. The third-order valence-corrected chi connectivity index (χ3v) is 6.61. The molecule has 0 bridgehead atoms. The van der Waals surface area contributed by atoms with Crippen molar-refractivity contribution < 1.29 is 19.4 Å². The van der Waals surface area contributed by atoms with Crippen LogP contribution in [-0.2, 0) is 14.3 Å². The van der Waals surface area contributed by atoms with Crippen LogP contribution in [0.15, 0.2) is 0 Å². The van der Waals surface area contributed by atoms with E-state index in [1.54, 1.807) is 0 Å². The Balaban J connectivity index is 1.56. The van der Waals surface area contributed by atoms with Crippen LogP contribution >= 0.6 is 0 Å². The Morgan fingerprint density at radius 1 is 1.08 bits per heavy atom. The molecule has 0 radical (unpaired) electrons. The summed E-state index contributed by atoms with van der Waals surface area (Å²) in [5.74, 6) is 0.467. The summed E-state index contributed by atoms with van der Waals surface area (Å²) < 4.78 is 6.20. The average molecular weight is 366 g/mol. The number of aliphatic carboxylic acids is 1. The molecular formula is C21H35NO4. The highest BCUT2D eigenvalue weighted by atomic mass is 16.5. The van der Waals surface area contributed by atoms with E-state index in [4.69, 9.17) is 9.84 Å². The van der Waals surface area contributed by atoms with Gasteiger partial charge in [0, 0.05) is 12.5 Å². The zero-order valence-corrected chi connectivity index (χ0v) is 16.4. The number of hydrogen-bond acceptors (Lipinski definition) is 3. The molecule has 2 saturated carbocycles. The van der Waals surface area contributed by atoms with Crippen molar-refractivity contribution in [2.24, 2.45) is 17.8 Å². The predicted octanol–water partition coefficient (Wildman–Crippen LogP) is 3.85. The molecule has 1 amide bonds. The van der Waals surface area contributed by atoms with E-state index in [9.17, 15) is 9.59 Å². The lowest BCUT2D eigenvalue weighted by Gasteiger charge is -2.35. The van der Waals surface area contributed by atoms with Crippen LogP contribution < -0.4 is 0 Å². The lowest BCUT2D eigenvalue weighted by molar-refractivity contribution is -0.144. The Hall–Kier alpha value is -1.10. The van der Waals surface area contributed by atoms with Crippen LogP contribution in [0.4, 0.5) is 0 Å². The lowest BCUT2D eigenvalue weighted by atomic mass is 9.84. The van der Waals surface area contributed by atoms with Crippen LogP contribution in [0.1, 0.15) is 78.1 Å². The molecule has 3 fully saturated rings. The molecule has 1 heterocycles. The third kappa shape index (κ3) is 4.59. The van der Waals surface area contributed by atoms with Gasteiger partial charge in [0.25, 0.3) is 0 Å². The average Bonchev–Trinajstić information content (AvgIpc) is 2.98. The molecular weight excluding hydrogens is 330 g/mol. The second-order valence-electron chi connectivity index (χ2n) is 9.05. The number of hydrogen-bond donors (Lipinski definition) is 1. The number of carbonyl (C=O) groups is 2. The van der Waals surface area contributed by atoms with Gasteiger partial charge in [0.1, 0.15) is 0 Å². The van der Waals surface area contributed by atoms with E-state index in [1.165, 1.54) is 19.3 Å². The molecule has 3 aliphatic rings. The van der Waals surface area contributed by atoms with Crippen molar-refractivity contribution in [3.63, 3.8) is 0 Å². The van der Waals surface area contributed by atoms with Gasteiger partial charge in [-0.3, -0.25) is 9.59 Å². The Bertz CT molecular complexity index is 498. The summed E-state index contributed by atoms with van der Waals surface area (Å²) in [6.45, 7) is 4.84. The van der Waals surface area contributed by atoms with Gasteiger partial charge in [0.2, 0.25) is 5.91 Å². The SMILES string of the molecule is CC(C)CC(=O)N1C(COC2CCC(C(=O)O)CC2)CC2CCCCC21. The highest BCUT2D eigenvalue weighted by Crippen LogP contribution is 2.40. The first-order chi connectivity index (χ1) is 12.5. The van der Waals surface area contributed by atoms with Gasteiger partial charge < -0.3 is 14.7 Å². The fourth-order valence-corrected chi connectivity index (χ4v) is 5.28. The van der Waals surface area contributed by atoms with E-state index in [1.807, 2.05) is 0 Å². The monoisotopic (exact) mass is 365 g/mol. The van der Waals surface area contributed by atoms with Gasteiger partial charge in [-0.2, -0.15) is 0 Å². The van der Waals surface area contributed by atoms with E-state index >= 15 is 0 Å². The molecule has 3 rings (SSSR count). The van der Waals surface area contributed by atoms with Crippen molar-refractivity contribution >= 4 is 11.9 Å². The zero-order chi connectivity index (χ0) is 18.7. The molecule has 0 aromatic carbocycles. The molecule has 26 heavy (non-hydrogen) atoms. The van der Waals surface area contributed by atoms with Gasteiger partial charge >= 0.3 is 5.97 Å². The standard InChI is InChI=1S/C21H35NO4/c1-14(2)11-20(23)22-17(12-16-5-3-4-6-19(16)22)13-26-18-9-7-15(8-10-18)21(24)25/h14-19H,3-13H2,1-2H3,(H,24,25). The summed E-state index contributed by atoms with van der Waals surface area (Å²) in [5.41, 5.74) is 0. The fourth-order valence-electron chi connectivity index (χ4n) is 5.28. The van der Waals surface area contributed by atoms with E-state index in [2.05, 4.69) is 18.7 Å². The van der Waals surface area contributed by atoms with Crippen LogP contribution in [0.3, 0.4) is 0 Å². The molecule has 0 aromatic rings. The smallest absolute Gasteiger partial charge is 0.306 e. The van der Waals surface area contributed by atoms with E-state index in [0.29, 0.717) is 49.7 Å². The summed E-state index contributed by atoms with van der Waals surface area (Å²) in [6, 6.07) is 0.637.